The molecule has 0 saturated carbocycles. The average molecular weight is 257 g/mol. The van der Waals surface area contributed by atoms with Gasteiger partial charge in [0.25, 0.3) is 0 Å². The van der Waals surface area contributed by atoms with Gasteiger partial charge >= 0.3 is 0 Å². The lowest BCUT2D eigenvalue weighted by Crippen LogP contribution is -2.15. The maximum atomic E-state index is 9.58. The third-order valence-electron chi connectivity index (χ3n) is 3.04. The van der Waals surface area contributed by atoms with Gasteiger partial charge in [0.15, 0.2) is 11.5 Å². The smallest absolute Gasteiger partial charge is 0.162 e. The van der Waals surface area contributed by atoms with Crippen LogP contribution in [0.4, 0.5) is 0 Å². The molecule has 0 unspecified atom stereocenters. The lowest BCUT2D eigenvalue weighted by atomic mass is 10.1. The molecule has 4 heteroatoms. The number of aliphatic hydroxyl groups is 1. The molecule has 0 bridgehead atoms. The van der Waals surface area contributed by atoms with Crippen LogP contribution in [0.25, 0.3) is 11.3 Å². The minimum atomic E-state index is -0.572. The van der Waals surface area contributed by atoms with Gasteiger partial charge in [0.1, 0.15) is 13.2 Å². The van der Waals surface area contributed by atoms with Gasteiger partial charge in [-0.05, 0) is 37.3 Å². The summed E-state index contributed by atoms with van der Waals surface area (Å²) in [7, 11) is 0. The van der Waals surface area contributed by atoms with Crippen molar-refractivity contribution in [1.82, 2.24) is 4.98 Å². The van der Waals surface area contributed by atoms with E-state index in [-0.39, 0.29) is 0 Å². The van der Waals surface area contributed by atoms with E-state index in [9.17, 15) is 5.11 Å². The van der Waals surface area contributed by atoms with Crippen molar-refractivity contribution in [2.24, 2.45) is 0 Å². The minimum absolute atomic E-state index is 0.567. The fourth-order valence-corrected chi connectivity index (χ4v) is 2.05. The van der Waals surface area contributed by atoms with Crippen molar-refractivity contribution in [3.05, 3.63) is 42.1 Å². The molecule has 98 valence electrons. The van der Waals surface area contributed by atoms with Gasteiger partial charge in [0.2, 0.25) is 0 Å². The molecular weight excluding hydrogens is 242 g/mol. The Bertz CT molecular complexity index is 596. The number of pyridine rings is 1. The third kappa shape index (κ3) is 2.39. The van der Waals surface area contributed by atoms with Crippen LogP contribution in [-0.2, 0) is 0 Å². The highest BCUT2D eigenvalue weighted by atomic mass is 16.6. The molecule has 0 spiro atoms. The number of aromatic nitrogens is 1. The van der Waals surface area contributed by atoms with E-state index in [0.717, 1.165) is 22.8 Å². The van der Waals surface area contributed by atoms with Crippen LogP contribution in [0.1, 0.15) is 18.7 Å². The lowest BCUT2D eigenvalue weighted by Gasteiger charge is -2.18. The van der Waals surface area contributed by atoms with Gasteiger partial charge < -0.3 is 14.6 Å². The first-order valence-electron chi connectivity index (χ1n) is 6.29. The molecule has 0 amide bonds. The second-order valence-corrected chi connectivity index (χ2v) is 4.48. The first kappa shape index (κ1) is 12.0. The Kier molecular flexibility index (Phi) is 3.09. The SMILES string of the molecule is C[C@H](O)c1cccc(-c2ccc3c(c2)OCCO3)n1. The van der Waals surface area contributed by atoms with Crippen molar-refractivity contribution >= 4 is 0 Å². The number of rotatable bonds is 2. The zero-order chi connectivity index (χ0) is 13.2. The molecule has 0 radical (unpaired) electrons. The number of hydrogen-bond acceptors (Lipinski definition) is 4. The molecule has 19 heavy (non-hydrogen) atoms. The number of aliphatic hydroxyl groups excluding tert-OH is 1. The summed E-state index contributed by atoms with van der Waals surface area (Å²) in [6, 6.07) is 11.4. The van der Waals surface area contributed by atoms with E-state index in [1.807, 2.05) is 36.4 Å². The minimum Gasteiger partial charge on any atom is -0.486 e. The summed E-state index contributed by atoms with van der Waals surface area (Å²) in [4.78, 5) is 4.45. The monoisotopic (exact) mass is 257 g/mol. The maximum Gasteiger partial charge on any atom is 0.162 e. The quantitative estimate of drug-likeness (QED) is 0.898. The van der Waals surface area contributed by atoms with Crippen molar-refractivity contribution in [3.63, 3.8) is 0 Å². The predicted octanol–water partition coefficient (Wildman–Crippen LogP) is 2.57. The summed E-state index contributed by atoms with van der Waals surface area (Å²) in [6.07, 6.45) is -0.572. The maximum absolute atomic E-state index is 9.58. The van der Waals surface area contributed by atoms with Gasteiger partial charge in [-0.15, -0.1) is 0 Å². The molecule has 2 aromatic rings. The largest absolute Gasteiger partial charge is 0.486 e. The van der Waals surface area contributed by atoms with E-state index in [4.69, 9.17) is 9.47 Å². The highest BCUT2D eigenvalue weighted by Gasteiger charge is 2.13. The van der Waals surface area contributed by atoms with Crippen molar-refractivity contribution in [3.8, 4) is 22.8 Å². The van der Waals surface area contributed by atoms with Gasteiger partial charge in [-0.25, -0.2) is 0 Å². The van der Waals surface area contributed by atoms with Crippen LogP contribution >= 0.6 is 0 Å². The van der Waals surface area contributed by atoms with Gasteiger partial charge in [-0.2, -0.15) is 0 Å². The summed E-state index contributed by atoms with van der Waals surface area (Å²) in [6.45, 7) is 2.86. The molecule has 0 saturated heterocycles. The van der Waals surface area contributed by atoms with E-state index in [1.165, 1.54) is 0 Å². The van der Waals surface area contributed by atoms with E-state index in [0.29, 0.717) is 18.9 Å². The molecule has 1 N–H and O–H groups in total. The molecular formula is C15H15NO3. The average Bonchev–Trinajstić information content (AvgIpc) is 2.47. The molecule has 0 aliphatic carbocycles. The normalized spacial score (nSPS) is 15.1. The topological polar surface area (TPSA) is 51.6 Å². The molecule has 4 nitrogen and oxygen atoms in total. The zero-order valence-electron chi connectivity index (χ0n) is 10.7. The van der Waals surface area contributed by atoms with Gasteiger partial charge in [-0.3, -0.25) is 4.98 Å². The fraction of sp³-hybridized carbons (Fsp3) is 0.267. The molecule has 1 atom stereocenters. The van der Waals surface area contributed by atoms with Crippen molar-refractivity contribution in [2.45, 2.75) is 13.0 Å². The Morgan fingerprint density at radius 3 is 2.68 bits per heavy atom. The first-order valence-corrected chi connectivity index (χ1v) is 6.29. The van der Waals surface area contributed by atoms with Crippen molar-refractivity contribution < 1.29 is 14.6 Å². The molecule has 2 heterocycles. The van der Waals surface area contributed by atoms with E-state index < -0.39 is 6.10 Å². The number of ether oxygens (including phenoxy) is 2. The van der Waals surface area contributed by atoms with Crippen LogP contribution in [0.2, 0.25) is 0 Å². The van der Waals surface area contributed by atoms with Gasteiger partial charge in [0.05, 0.1) is 17.5 Å². The zero-order valence-corrected chi connectivity index (χ0v) is 10.7. The fourth-order valence-electron chi connectivity index (χ4n) is 2.05. The first-order chi connectivity index (χ1) is 9.24. The van der Waals surface area contributed by atoms with Crippen LogP contribution in [0.15, 0.2) is 36.4 Å². The second-order valence-electron chi connectivity index (χ2n) is 4.48. The van der Waals surface area contributed by atoms with Crippen molar-refractivity contribution in [2.75, 3.05) is 13.2 Å². The number of benzene rings is 1. The number of hydrogen-bond donors (Lipinski definition) is 1. The Morgan fingerprint density at radius 1 is 1.11 bits per heavy atom. The molecule has 1 aromatic heterocycles. The molecule has 1 aliphatic rings. The standard InChI is InChI=1S/C15H15NO3/c1-10(17)12-3-2-4-13(16-12)11-5-6-14-15(9-11)19-8-7-18-14/h2-6,9-10,17H,7-8H2,1H3/t10-/m0/s1. The summed E-state index contributed by atoms with van der Waals surface area (Å²) in [5.74, 6) is 1.51. The Labute approximate surface area is 111 Å². The van der Waals surface area contributed by atoms with Crippen LogP contribution in [0.3, 0.4) is 0 Å². The molecule has 1 aromatic carbocycles. The van der Waals surface area contributed by atoms with Gasteiger partial charge in [0, 0.05) is 5.56 Å². The Balaban J connectivity index is 2.00. The van der Waals surface area contributed by atoms with E-state index in [2.05, 4.69) is 4.98 Å². The third-order valence-corrected chi connectivity index (χ3v) is 3.04. The Morgan fingerprint density at radius 2 is 1.89 bits per heavy atom. The van der Waals surface area contributed by atoms with Crippen LogP contribution in [0, 0.1) is 0 Å². The summed E-state index contributed by atoms with van der Waals surface area (Å²) in [5.41, 5.74) is 2.43. The number of fused-ring (bicyclic) bond motifs is 1. The van der Waals surface area contributed by atoms with E-state index in [1.54, 1.807) is 6.92 Å². The molecule has 1 aliphatic heterocycles. The summed E-state index contributed by atoms with van der Waals surface area (Å²) < 4.78 is 11.1. The van der Waals surface area contributed by atoms with Crippen LogP contribution in [0.5, 0.6) is 11.5 Å². The highest BCUT2D eigenvalue weighted by Crippen LogP contribution is 2.34. The lowest BCUT2D eigenvalue weighted by molar-refractivity contribution is 0.171. The highest BCUT2D eigenvalue weighted by molar-refractivity contribution is 5.64. The summed E-state index contributed by atoms with van der Waals surface area (Å²) >= 11 is 0. The number of nitrogens with zero attached hydrogens (tertiary/aromatic N) is 1. The Hall–Kier alpha value is -2.07. The van der Waals surface area contributed by atoms with Gasteiger partial charge in [-0.1, -0.05) is 6.07 Å². The second kappa shape index (κ2) is 4.90. The van der Waals surface area contributed by atoms with E-state index >= 15 is 0 Å². The molecule has 3 rings (SSSR count). The molecule has 0 fully saturated rings. The predicted molar refractivity (Wildman–Crippen MR) is 71.3 cm³/mol. The van der Waals surface area contributed by atoms with Crippen LogP contribution < -0.4 is 9.47 Å². The van der Waals surface area contributed by atoms with Crippen molar-refractivity contribution in [1.29, 1.82) is 0 Å². The summed E-state index contributed by atoms with van der Waals surface area (Å²) in [5, 5.41) is 9.58. The van der Waals surface area contributed by atoms with Crippen LogP contribution in [-0.4, -0.2) is 23.3 Å².